The van der Waals surface area contributed by atoms with Gasteiger partial charge in [-0.2, -0.15) is 0 Å². The molecule has 0 spiro atoms. The zero-order valence-corrected chi connectivity index (χ0v) is 7.32. The van der Waals surface area contributed by atoms with Crippen LogP contribution in [0.1, 0.15) is 0 Å². The number of ether oxygens (including phenoxy) is 1. The van der Waals surface area contributed by atoms with Gasteiger partial charge in [-0.25, -0.2) is 4.79 Å². The van der Waals surface area contributed by atoms with Gasteiger partial charge >= 0.3 is 6.09 Å². The summed E-state index contributed by atoms with van der Waals surface area (Å²) in [6.07, 6.45) is 0.236. The lowest BCUT2D eigenvalue weighted by Crippen LogP contribution is -2.21. The highest BCUT2D eigenvalue weighted by Crippen LogP contribution is 2.17. The maximum absolute atomic E-state index is 11.0. The van der Waals surface area contributed by atoms with Gasteiger partial charge < -0.3 is 16.2 Å². The fraction of sp³-hybridized carbons (Fsp3) is 0. The van der Waals surface area contributed by atoms with Gasteiger partial charge in [-0.15, -0.1) is 0 Å². The van der Waals surface area contributed by atoms with E-state index in [4.69, 9.17) is 11.5 Å². The second kappa shape index (κ2) is 3.40. The Hall–Kier alpha value is -1.63. The highest BCUT2D eigenvalue weighted by atomic mass is 32.1. The van der Waals surface area contributed by atoms with Gasteiger partial charge in [-0.1, -0.05) is 12.8 Å². The van der Waals surface area contributed by atoms with E-state index in [2.05, 4.69) is 17.6 Å². The Morgan fingerprint density at radius 3 is 2.77 bits per heavy atom. The number of rotatable bonds is 1. The number of hydrogen-bond acceptors (Lipinski definition) is 5. The molecule has 1 aromatic rings. The number of amides is 1. The molecule has 6 nitrogen and oxygen atoms in total. The number of anilines is 1. The van der Waals surface area contributed by atoms with E-state index in [0.717, 1.165) is 3.97 Å². The Kier molecular flexibility index (Phi) is 2.47. The van der Waals surface area contributed by atoms with Gasteiger partial charge in [-0.3, -0.25) is 8.77 Å². The summed E-state index contributed by atoms with van der Waals surface area (Å²) in [5, 5.41) is 0. The molecule has 70 valence electrons. The number of nitrogens with two attached hydrogens (primary N) is 2. The minimum absolute atomic E-state index is 0.177. The van der Waals surface area contributed by atoms with Crippen LogP contribution in [0.5, 0.6) is 5.88 Å². The number of pyridine rings is 1. The van der Waals surface area contributed by atoms with E-state index in [1.165, 1.54) is 12.3 Å². The van der Waals surface area contributed by atoms with Gasteiger partial charge in [0.2, 0.25) is 11.3 Å². The molecule has 13 heavy (non-hydrogen) atoms. The van der Waals surface area contributed by atoms with Crippen LogP contribution in [0.25, 0.3) is 0 Å². The summed E-state index contributed by atoms with van der Waals surface area (Å²) in [5.74, 6) is -0.177. The first kappa shape index (κ1) is 9.46. The molecule has 4 N–H and O–H groups in total. The molecule has 7 heteroatoms. The van der Waals surface area contributed by atoms with Gasteiger partial charge in [0, 0.05) is 12.3 Å². The lowest BCUT2D eigenvalue weighted by atomic mass is 10.4. The second-order valence-corrected chi connectivity index (χ2v) is 2.60. The lowest BCUT2D eigenvalue weighted by molar-refractivity contribution is 0.209. The summed E-state index contributed by atoms with van der Waals surface area (Å²) in [6, 6.07) is 1.19. The molecule has 1 amide bonds. The molecule has 0 fully saturated rings. The zero-order chi connectivity index (χ0) is 10.0. The van der Waals surface area contributed by atoms with Crippen LogP contribution in [-0.4, -0.2) is 10.1 Å². The van der Waals surface area contributed by atoms with Crippen molar-refractivity contribution in [3.05, 3.63) is 22.5 Å². The summed E-state index contributed by atoms with van der Waals surface area (Å²) in [4.78, 5) is 21.3. The molecule has 0 unspecified atom stereocenters. The van der Waals surface area contributed by atoms with E-state index in [-0.39, 0.29) is 11.6 Å². The van der Waals surface area contributed by atoms with Crippen LogP contribution in [0.2, 0.25) is 0 Å². The predicted molar refractivity (Wildman–Crippen MR) is 49.7 cm³/mol. The molecule has 0 bridgehead atoms. The van der Waals surface area contributed by atoms with Crippen LogP contribution in [0.3, 0.4) is 0 Å². The fourth-order valence-electron chi connectivity index (χ4n) is 0.722. The predicted octanol–water partition coefficient (Wildman–Crippen LogP) is -0.419. The first-order valence-electron chi connectivity index (χ1n) is 3.20. The molecule has 0 aliphatic rings. The number of hydrogen-bond donors (Lipinski definition) is 3. The Morgan fingerprint density at radius 1 is 1.62 bits per heavy atom. The van der Waals surface area contributed by atoms with Crippen molar-refractivity contribution in [1.82, 2.24) is 3.97 Å². The molecule has 0 saturated carbocycles. The fourth-order valence-corrected chi connectivity index (χ4v) is 0.937. The monoisotopic (exact) mass is 201 g/mol. The number of nitrogen functional groups attached to an aromatic ring is 1. The largest absolute Gasteiger partial charge is 0.411 e. The van der Waals surface area contributed by atoms with E-state index in [0.29, 0.717) is 0 Å². The van der Waals surface area contributed by atoms with E-state index in [1.54, 1.807) is 0 Å². The summed E-state index contributed by atoms with van der Waals surface area (Å²) < 4.78 is 5.54. The molecule has 0 atom stereocenters. The molecule has 0 saturated heterocycles. The summed E-state index contributed by atoms with van der Waals surface area (Å²) >= 11 is 3.85. The third kappa shape index (κ3) is 1.94. The highest BCUT2D eigenvalue weighted by Gasteiger charge is 2.09. The van der Waals surface area contributed by atoms with Crippen molar-refractivity contribution in [2.24, 2.45) is 5.73 Å². The van der Waals surface area contributed by atoms with Crippen molar-refractivity contribution in [1.29, 1.82) is 0 Å². The van der Waals surface area contributed by atoms with Crippen LogP contribution >= 0.6 is 12.8 Å². The minimum Gasteiger partial charge on any atom is -0.391 e. The molecular formula is C6H7N3O3S. The lowest BCUT2D eigenvalue weighted by Gasteiger charge is -2.07. The first-order chi connectivity index (χ1) is 6.02. The SMILES string of the molecule is NC(=O)Oc1c(N)c(=O)ccn1S. The van der Waals surface area contributed by atoms with Crippen molar-refractivity contribution in [2.45, 2.75) is 0 Å². The topological polar surface area (TPSA) is 100 Å². The van der Waals surface area contributed by atoms with Crippen LogP contribution in [0, 0.1) is 0 Å². The van der Waals surface area contributed by atoms with E-state index < -0.39 is 11.5 Å². The molecule has 0 aromatic carbocycles. The van der Waals surface area contributed by atoms with E-state index in [1.807, 2.05) is 0 Å². The Balaban J connectivity index is 3.25. The van der Waals surface area contributed by atoms with Crippen molar-refractivity contribution in [3.8, 4) is 5.88 Å². The third-order valence-corrected chi connectivity index (χ3v) is 1.58. The smallest absolute Gasteiger partial charge is 0.391 e. The maximum Gasteiger partial charge on any atom is 0.411 e. The standard InChI is InChI=1S/C6H7N3O3S/c7-4-3(10)1-2-9(13)5(4)12-6(8)11/h1-2,13H,7H2,(H2,8,11). The number of nitrogens with zero attached hydrogens (tertiary/aromatic N) is 1. The maximum atomic E-state index is 11.0. The first-order valence-corrected chi connectivity index (χ1v) is 3.60. The Morgan fingerprint density at radius 2 is 2.23 bits per heavy atom. The van der Waals surface area contributed by atoms with Gasteiger partial charge in [0.05, 0.1) is 0 Å². The molecule has 1 rings (SSSR count). The summed E-state index contributed by atoms with van der Waals surface area (Å²) in [6.45, 7) is 0. The number of thiol groups is 1. The van der Waals surface area contributed by atoms with Crippen LogP contribution in [-0.2, 0) is 0 Å². The van der Waals surface area contributed by atoms with Crippen molar-refractivity contribution in [2.75, 3.05) is 5.73 Å². The summed E-state index contributed by atoms with van der Waals surface area (Å²) in [5.41, 5.74) is 9.39. The average molecular weight is 201 g/mol. The van der Waals surface area contributed by atoms with Gasteiger partial charge in [-0.05, 0) is 0 Å². The Bertz CT molecular complexity index is 401. The quantitative estimate of drug-likeness (QED) is 0.537. The van der Waals surface area contributed by atoms with Crippen LogP contribution in [0.15, 0.2) is 17.1 Å². The number of carbonyl (C=O) groups is 1. The molecule has 0 radical (unpaired) electrons. The number of carbonyl (C=O) groups excluding carboxylic acids is 1. The number of aromatic nitrogens is 1. The molecule has 0 aliphatic heterocycles. The van der Waals surface area contributed by atoms with Crippen molar-refractivity contribution in [3.63, 3.8) is 0 Å². The van der Waals surface area contributed by atoms with Crippen LogP contribution < -0.4 is 21.6 Å². The summed E-state index contributed by atoms with van der Waals surface area (Å²) in [7, 11) is 0. The van der Waals surface area contributed by atoms with Crippen molar-refractivity contribution < 1.29 is 9.53 Å². The number of primary amides is 1. The zero-order valence-electron chi connectivity index (χ0n) is 6.43. The minimum atomic E-state index is -1.06. The van der Waals surface area contributed by atoms with Crippen molar-refractivity contribution >= 4 is 24.6 Å². The van der Waals surface area contributed by atoms with E-state index >= 15 is 0 Å². The average Bonchev–Trinajstić information content (AvgIpc) is 2.05. The van der Waals surface area contributed by atoms with Crippen LogP contribution in [0.4, 0.5) is 10.5 Å². The second-order valence-electron chi connectivity index (χ2n) is 2.16. The third-order valence-electron chi connectivity index (χ3n) is 1.27. The molecular weight excluding hydrogens is 194 g/mol. The van der Waals surface area contributed by atoms with E-state index in [9.17, 15) is 9.59 Å². The highest BCUT2D eigenvalue weighted by molar-refractivity contribution is 7.78. The van der Waals surface area contributed by atoms with Gasteiger partial charge in [0.1, 0.15) is 5.69 Å². The van der Waals surface area contributed by atoms with Gasteiger partial charge in [0.25, 0.3) is 0 Å². The molecule has 1 heterocycles. The Labute approximate surface area is 78.6 Å². The van der Waals surface area contributed by atoms with Gasteiger partial charge in [0.15, 0.2) is 0 Å². The molecule has 1 aromatic heterocycles. The molecule has 0 aliphatic carbocycles. The normalized spacial score (nSPS) is 9.62.